The highest BCUT2D eigenvalue weighted by molar-refractivity contribution is 14.0. The summed E-state index contributed by atoms with van der Waals surface area (Å²) in [6, 6.07) is 7.99. The molecule has 1 aromatic carbocycles. The largest absolute Gasteiger partial charge is 0.378 e. The van der Waals surface area contributed by atoms with Gasteiger partial charge in [-0.1, -0.05) is 18.2 Å². The predicted octanol–water partition coefficient (Wildman–Crippen LogP) is 2.46. The summed E-state index contributed by atoms with van der Waals surface area (Å²) in [5, 5.41) is 9.60. The number of carbonyl (C=O) groups is 1. The van der Waals surface area contributed by atoms with Crippen molar-refractivity contribution in [3.8, 4) is 0 Å². The molecule has 0 aromatic heterocycles. The molecule has 25 heavy (non-hydrogen) atoms. The minimum Gasteiger partial charge on any atom is -0.378 e. The molecule has 2 aliphatic heterocycles. The Hall–Kier alpha value is -1.35. The van der Waals surface area contributed by atoms with E-state index >= 15 is 0 Å². The second-order valence-electron chi connectivity index (χ2n) is 6.34. The van der Waals surface area contributed by atoms with Gasteiger partial charge in [0.25, 0.3) is 0 Å². The normalized spacial score (nSPS) is 22.6. The summed E-state index contributed by atoms with van der Waals surface area (Å²) in [5.41, 5.74) is 2.10. The van der Waals surface area contributed by atoms with Crippen LogP contribution in [0.4, 0.5) is 5.69 Å². The fourth-order valence-corrected chi connectivity index (χ4v) is 3.35. The van der Waals surface area contributed by atoms with Crippen molar-refractivity contribution < 1.29 is 9.53 Å². The molecule has 0 saturated carbocycles. The van der Waals surface area contributed by atoms with Gasteiger partial charge in [0.1, 0.15) is 0 Å². The zero-order valence-electron chi connectivity index (χ0n) is 14.6. The van der Waals surface area contributed by atoms with Crippen LogP contribution >= 0.6 is 24.0 Å². The average Bonchev–Trinajstić information content (AvgIpc) is 3.11. The number of benzene rings is 1. The minimum atomic E-state index is 0. The van der Waals surface area contributed by atoms with Crippen LogP contribution in [0.15, 0.2) is 29.3 Å². The number of nitrogens with zero attached hydrogens (tertiary/aromatic N) is 1. The molecule has 0 bridgehead atoms. The first-order valence-corrected chi connectivity index (χ1v) is 8.71. The number of rotatable bonds is 5. The summed E-state index contributed by atoms with van der Waals surface area (Å²) in [6.45, 7) is 2.41. The number of hydrogen-bond acceptors (Lipinski definition) is 3. The van der Waals surface area contributed by atoms with Crippen LogP contribution < -0.4 is 16.0 Å². The van der Waals surface area contributed by atoms with E-state index in [2.05, 4.69) is 27.0 Å². The first-order chi connectivity index (χ1) is 11.8. The Balaban J connectivity index is 0.00000225. The van der Waals surface area contributed by atoms with Crippen molar-refractivity contribution in [2.75, 3.05) is 32.1 Å². The average molecular weight is 458 g/mol. The van der Waals surface area contributed by atoms with Crippen molar-refractivity contribution in [2.45, 2.75) is 37.7 Å². The molecule has 2 unspecified atom stereocenters. The minimum absolute atomic E-state index is 0. The summed E-state index contributed by atoms with van der Waals surface area (Å²) in [5.74, 6) is 1.00. The van der Waals surface area contributed by atoms with Crippen molar-refractivity contribution in [3.63, 3.8) is 0 Å². The van der Waals surface area contributed by atoms with E-state index in [9.17, 15) is 4.79 Å². The lowest BCUT2D eigenvalue weighted by molar-refractivity contribution is -0.116. The van der Waals surface area contributed by atoms with Crippen molar-refractivity contribution in [1.82, 2.24) is 10.6 Å². The number of para-hydroxylation sites is 1. The highest BCUT2D eigenvalue weighted by Gasteiger charge is 2.24. The Morgan fingerprint density at radius 2 is 2.20 bits per heavy atom. The number of ether oxygens (including phenoxy) is 1. The first-order valence-electron chi connectivity index (χ1n) is 8.71. The summed E-state index contributed by atoms with van der Waals surface area (Å²) >= 11 is 0. The molecule has 2 heterocycles. The number of anilines is 1. The molecular formula is C18H27IN4O2. The summed E-state index contributed by atoms with van der Waals surface area (Å²) in [4.78, 5) is 16.1. The Morgan fingerprint density at radius 3 is 2.96 bits per heavy atom. The highest BCUT2D eigenvalue weighted by atomic mass is 127. The Kier molecular flexibility index (Phi) is 7.95. The van der Waals surface area contributed by atoms with E-state index in [1.165, 1.54) is 12.0 Å². The maximum atomic E-state index is 11.9. The van der Waals surface area contributed by atoms with E-state index in [1.54, 1.807) is 7.05 Å². The number of carbonyl (C=O) groups excluding carboxylic acids is 1. The van der Waals surface area contributed by atoms with Crippen LogP contribution in [0.5, 0.6) is 0 Å². The molecule has 1 amide bonds. The van der Waals surface area contributed by atoms with Crippen molar-refractivity contribution in [3.05, 3.63) is 29.8 Å². The molecule has 1 saturated heterocycles. The third-order valence-corrected chi connectivity index (χ3v) is 4.63. The quantitative estimate of drug-likeness (QED) is 0.360. The SMILES string of the molecule is CN=C(NCCC1CCCO1)NCC1CC(=O)Nc2ccccc21.I. The zero-order valence-corrected chi connectivity index (χ0v) is 16.9. The van der Waals surface area contributed by atoms with Crippen molar-refractivity contribution in [1.29, 1.82) is 0 Å². The third kappa shape index (κ3) is 5.57. The fraction of sp³-hybridized carbons (Fsp3) is 0.556. The highest BCUT2D eigenvalue weighted by Crippen LogP contribution is 2.31. The van der Waals surface area contributed by atoms with Gasteiger partial charge in [-0.15, -0.1) is 24.0 Å². The van der Waals surface area contributed by atoms with Gasteiger partial charge < -0.3 is 20.7 Å². The number of fused-ring (bicyclic) bond motifs is 1. The van der Waals surface area contributed by atoms with Crippen LogP contribution in [0.2, 0.25) is 0 Å². The first kappa shape index (κ1) is 20.0. The van der Waals surface area contributed by atoms with Crippen LogP contribution in [0.1, 0.15) is 37.2 Å². The number of aliphatic imine (C=N–C) groups is 1. The number of hydrogen-bond donors (Lipinski definition) is 3. The monoisotopic (exact) mass is 458 g/mol. The number of halogens is 1. The topological polar surface area (TPSA) is 74.8 Å². The molecule has 0 spiro atoms. The Morgan fingerprint density at radius 1 is 1.36 bits per heavy atom. The fourth-order valence-electron chi connectivity index (χ4n) is 3.35. The van der Waals surface area contributed by atoms with Crippen molar-refractivity contribution in [2.24, 2.45) is 4.99 Å². The van der Waals surface area contributed by atoms with Gasteiger partial charge in [-0.3, -0.25) is 9.79 Å². The van der Waals surface area contributed by atoms with Crippen LogP contribution in [0.3, 0.4) is 0 Å². The Bertz CT molecular complexity index is 602. The number of guanidine groups is 1. The second kappa shape index (κ2) is 9.96. The lowest BCUT2D eigenvalue weighted by Crippen LogP contribution is -2.41. The third-order valence-electron chi connectivity index (χ3n) is 4.63. The van der Waals surface area contributed by atoms with Crippen LogP contribution in [0, 0.1) is 0 Å². The molecule has 3 N–H and O–H groups in total. The molecule has 3 rings (SSSR count). The molecule has 6 nitrogen and oxygen atoms in total. The van der Waals surface area contributed by atoms with Gasteiger partial charge >= 0.3 is 0 Å². The molecule has 0 radical (unpaired) electrons. The summed E-state index contributed by atoms with van der Waals surface area (Å²) < 4.78 is 5.63. The standard InChI is InChI=1S/C18H26N4O2.HI/c1-19-18(20-9-8-14-5-4-10-24-14)21-12-13-11-17(23)22-16-7-3-2-6-15(13)16;/h2-3,6-7,13-14H,4-5,8-12H2,1H3,(H,22,23)(H2,19,20,21);1H. The van der Waals surface area contributed by atoms with Crippen LogP contribution in [-0.4, -0.2) is 44.7 Å². The number of amides is 1. The van der Waals surface area contributed by atoms with Gasteiger partial charge in [-0.2, -0.15) is 0 Å². The summed E-state index contributed by atoms with van der Waals surface area (Å²) in [6.07, 6.45) is 4.19. The molecule has 1 aromatic rings. The van der Waals surface area contributed by atoms with Gasteiger partial charge in [0.15, 0.2) is 5.96 Å². The Labute approximate surface area is 166 Å². The predicted molar refractivity (Wildman–Crippen MR) is 111 cm³/mol. The smallest absolute Gasteiger partial charge is 0.225 e. The molecule has 0 aliphatic carbocycles. The van der Waals surface area contributed by atoms with Gasteiger partial charge in [-0.05, 0) is 30.9 Å². The number of nitrogens with one attached hydrogen (secondary N) is 3. The summed E-state index contributed by atoms with van der Waals surface area (Å²) in [7, 11) is 1.77. The van der Waals surface area contributed by atoms with Gasteiger partial charge in [0.2, 0.25) is 5.91 Å². The van der Waals surface area contributed by atoms with Crippen molar-refractivity contribution >= 4 is 41.5 Å². The lowest BCUT2D eigenvalue weighted by Gasteiger charge is -2.26. The molecule has 2 atom stereocenters. The van der Waals surface area contributed by atoms with E-state index in [1.807, 2.05) is 18.2 Å². The maximum Gasteiger partial charge on any atom is 0.225 e. The van der Waals surface area contributed by atoms with Crippen LogP contribution in [0.25, 0.3) is 0 Å². The molecule has 138 valence electrons. The van der Waals surface area contributed by atoms with Gasteiger partial charge in [-0.25, -0.2) is 0 Å². The maximum absolute atomic E-state index is 11.9. The van der Waals surface area contributed by atoms with E-state index < -0.39 is 0 Å². The lowest BCUT2D eigenvalue weighted by atomic mass is 9.90. The van der Waals surface area contributed by atoms with E-state index in [0.717, 1.165) is 37.6 Å². The van der Waals surface area contributed by atoms with E-state index in [-0.39, 0.29) is 35.8 Å². The second-order valence-corrected chi connectivity index (χ2v) is 6.34. The molecular weight excluding hydrogens is 431 g/mol. The molecule has 2 aliphatic rings. The zero-order chi connectivity index (χ0) is 16.8. The van der Waals surface area contributed by atoms with E-state index in [4.69, 9.17) is 4.74 Å². The van der Waals surface area contributed by atoms with E-state index in [0.29, 0.717) is 19.1 Å². The van der Waals surface area contributed by atoms with Crippen LogP contribution in [-0.2, 0) is 9.53 Å². The van der Waals surface area contributed by atoms with Gasteiger partial charge in [0, 0.05) is 44.8 Å². The van der Waals surface area contributed by atoms with Gasteiger partial charge in [0.05, 0.1) is 6.10 Å². The molecule has 1 fully saturated rings. The molecule has 7 heteroatoms.